The van der Waals surface area contributed by atoms with Crippen LogP contribution < -0.4 is 16.4 Å². The molecule has 0 saturated heterocycles. The molecule has 12 nitrogen and oxygen atoms in total. The smallest absolute Gasteiger partial charge is 0.328 e. The van der Waals surface area contributed by atoms with Crippen LogP contribution in [0, 0.1) is 0 Å². The Balaban J connectivity index is 1.86. The zero-order valence-corrected chi connectivity index (χ0v) is 16.6. The number of nitrogens with two attached hydrogens (primary N) is 1. The van der Waals surface area contributed by atoms with Crippen molar-refractivity contribution >= 4 is 22.9 Å². The van der Waals surface area contributed by atoms with Crippen molar-refractivity contribution in [1.82, 2.24) is 25.8 Å². The van der Waals surface area contributed by atoms with Gasteiger partial charge >= 0.3 is 12.0 Å². The van der Waals surface area contributed by atoms with Crippen LogP contribution in [0.4, 0.5) is 4.79 Å². The molecule has 1 unspecified atom stereocenters. The number of fused-ring (bicyclic) bond motifs is 1. The molecule has 4 atom stereocenters. The third-order valence-corrected chi connectivity index (χ3v) is 4.72. The Morgan fingerprint density at radius 2 is 2.03 bits per heavy atom. The van der Waals surface area contributed by atoms with Crippen molar-refractivity contribution in [3.05, 3.63) is 47.7 Å². The van der Waals surface area contributed by atoms with Crippen LogP contribution in [0.25, 0.3) is 10.9 Å². The van der Waals surface area contributed by atoms with Crippen LogP contribution in [0.2, 0.25) is 0 Å². The van der Waals surface area contributed by atoms with Gasteiger partial charge in [-0.1, -0.05) is 23.4 Å². The minimum absolute atomic E-state index is 0.0308. The van der Waals surface area contributed by atoms with Crippen LogP contribution >= 0.6 is 0 Å². The third kappa shape index (κ3) is 5.17. The second-order valence-corrected chi connectivity index (χ2v) is 7.07. The summed E-state index contributed by atoms with van der Waals surface area (Å²) in [5, 5.41) is 37.5. The number of carbonyl (C=O) groups is 2. The number of carboxylic acids is 1. The van der Waals surface area contributed by atoms with Crippen LogP contribution in [0.3, 0.4) is 0 Å². The van der Waals surface area contributed by atoms with Gasteiger partial charge in [-0.2, -0.15) is 4.98 Å². The Bertz CT molecular complexity index is 1050. The number of carbonyl (C=O) groups excluding carboxylic acids is 1. The zero-order valence-electron chi connectivity index (χ0n) is 16.6. The van der Waals surface area contributed by atoms with Crippen LogP contribution in [-0.4, -0.2) is 61.2 Å². The fraction of sp³-hybridized carbons (Fsp3) is 0.368. The van der Waals surface area contributed by atoms with E-state index in [1.54, 1.807) is 6.20 Å². The quantitative estimate of drug-likeness (QED) is 0.242. The van der Waals surface area contributed by atoms with Crippen molar-refractivity contribution in [2.75, 3.05) is 6.61 Å². The average molecular weight is 432 g/mol. The molecule has 3 rings (SSSR count). The number of aromatic nitrogens is 3. The summed E-state index contributed by atoms with van der Waals surface area (Å²) in [7, 11) is 0. The van der Waals surface area contributed by atoms with Crippen LogP contribution in [0.5, 0.6) is 0 Å². The highest BCUT2D eigenvalue weighted by Crippen LogP contribution is 2.24. The fourth-order valence-corrected chi connectivity index (χ4v) is 3.07. The minimum atomic E-state index is -1.50. The zero-order chi connectivity index (χ0) is 22.5. The van der Waals surface area contributed by atoms with Gasteiger partial charge in [-0.3, -0.25) is 0 Å². The highest BCUT2D eigenvalue weighted by Gasteiger charge is 2.29. The summed E-state index contributed by atoms with van der Waals surface area (Å²) < 4.78 is 5.24. The number of rotatable bonds is 9. The first-order valence-corrected chi connectivity index (χ1v) is 9.53. The van der Waals surface area contributed by atoms with E-state index >= 15 is 0 Å². The van der Waals surface area contributed by atoms with Gasteiger partial charge in [0.15, 0.2) is 11.9 Å². The maximum atomic E-state index is 12.5. The maximum absolute atomic E-state index is 12.5. The van der Waals surface area contributed by atoms with E-state index in [-0.39, 0.29) is 18.1 Å². The van der Waals surface area contributed by atoms with E-state index in [1.165, 1.54) is 6.92 Å². The van der Waals surface area contributed by atoms with E-state index in [2.05, 4.69) is 25.8 Å². The third-order valence-electron chi connectivity index (χ3n) is 4.72. The number of benzene rings is 1. The summed E-state index contributed by atoms with van der Waals surface area (Å²) in [5.74, 6) is -1.29. The van der Waals surface area contributed by atoms with Gasteiger partial charge in [-0.15, -0.1) is 0 Å². The number of aliphatic hydroxyl groups excluding tert-OH is 2. The Kier molecular flexibility index (Phi) is 6.84. The lowest BCUT2D eigenvalue weighted by molar-refractivity contribution is -0.141. The van der Waals surface area contributed by atoms with Crippen LogP contribution in [0.15, 0.2) is 35.0 Å². The Morgan fingerprint density at radius 1 is 1.29 bits per heavy atom. The number of urea groups is 1. The molecule has 0 aliphatic carbocycles. The van der Waals surface area contributed by atoms with Crippen molar-refractivity contribution in [1.29, 1.82) is 0 Å². The number of aliphatic hydroxyl groups is 2. The molecule has 0 saturated carbocycles. The first kappa shape index (κ1) is 22.2. The summed E-state index contributed by atoms with van der Waals surface area (Å²) in [4.78, 5) is 31.0. The second-order valence-electron chi connectivity index (χ2n) is 7.07. The molecule has 0 bridgehead atoms. The standard InChI is InChI=1S/C19H24N6O6/c1-9(27)15(18(28)29)23-19(30)22-14(17-24-16(25-31-17)12(20)8-26)6-10-7-21-13-5-3-2-4-11(10)13/h2-5,7,9,12,14-15,21,26-27H,6,8,20H2,1H3,(H,28,29)(H2,22,23,30)/t9?,12-,14-,15-/m0/s1. The van der Waals surface area contributed by atoms with Crippen molar-refractivity contribution in [2.24, 2.45) is 5.73 Å². The SMILES string of the molecule is CC(O)[C@H](NC(=O)N[C@@H](Cc1c[nH]c2ccccc12)c1nc([C@@H](N)CO)no1)C(=O)O. The molecule has 3 aromatic rings. The molecule has 0 aliphatic heterocycles. The summed E-state index contributed by atoms with van der Waals surface area (Å²) in [6.45, 7) is 0.859. The van der Waals surface area contributed by atoms with Crippen molar-refractivity contribution in [2.45, 2.75) is 37.6 Å². The lowest BCUT2D eigenvalue weighted by Gasteiger charge is -2.20. The molecule has 2 aromatic heterocycles. The Labute approximate surface area is 176 Å². The predicted octanol–water partition coefficient (Wildman–Crippen LogP) is -0.0400. The normalized spacial score (nSPS) is 15.2. The highest BCUT2D eigenvalue weighted by atomic mass is 16.5. The minimum Gasteiger partial charge on any atom is -0.480 e. The number of para-hydroxylation sites is 1. The molecule has 0 radical (unpaired) electrons. The van der Waals surface area contributed by atoms with Crippen molar-refractivity contribution in [3.8, 4) is 0 Å². The topological polar surface area (TPSA) is 200 Å². The highest BCUT2D eigenvalue weighted by molar-refractivity contribution is 5.84. The van der Waals surface area contributed by atoms with Gasteiger partial charge in [0.25, 0.3) is 0 Å². The molecule has 0 spiro atoms. The monoisotopic (exact) mass is 432 g/mol. The van der Waals surface area contributed by atoms with Crippen LogP contribution in [-0.2, 0) is 11.2 Å². The van der Waals surface area contributed by atoms with Crippen molar-refractivity contribution < 1.29 is 29.4 Å². The van der Waals surface area contributed by atoms with Crippen LogP contribution in [0.1, 0.15) is 36.3 Å². The van der Waals surface area contributed by atoms with Gasteiger partial charge < -0.3 is 41.2 Å². The first-order chi connectivity index (χ1) is 14.8. The average Bonchev–Trinajstić information content (AvgIpc) is 3.38. The number of nitrogens with one attached hydrogen (secondary N) is 3. The van der Waals surface area contributed by atoms with E-state index in [9.17, 15) is 24.9 Å². The molecule has 1 aromatic carbocycles. The van der Waals surface area contributed by atoms with E-state index in [4.69, 9.17) is 10.3 Å². The van der Waals surface area contributed by atoms with Gasteiger partial charge in [-0.05, 0) is 18.6 Å². The van der Waals surface area contributed by atoms with E-state index < -0.39 is 42.8 Å². The summed E-state index contributed by atoms with van der Waals surface area (Å²) in [5.41, 5.74) is 7.46. The molecule has 31 heavy (non-hydrogen) atoms. The van der Waals surface area contributed by atoms with Gasteiger partial charge in [0.2, 0.25) is 5.89 Å². The molecular weight excluding hydrogens is 408 g/mol. The molecule has 0 aliphatic rings. The molecule has 8 N–H and O–H groups in total. The molecule has 2 heterocycles. The van der Waals surface area contributed by atoms with E-state index in [1.807, 2.05) is 24.3 Å². The second kappa shape index (κ2) is 9.55. The van der Waals surface area contributed by atoms with E-state index in [0.29, 0.717) is 0 Å². The summed E-state index contributed by atoms with van der Waals surface area (Å²) in [6.07, 6.45) is 0.705. The molecule has 0 fully saturated rings. The number of nitrogens with zero attached hydrogens (tertiary/aromatic N) is 2. The number of hydrogen-bond acceptors (Lipinski definition) is 8. The number of aromatic amines is 1. The van der Waals surface area contributed by atoms with Gasteiger partial charge in [-0.25, -0.2) is 9.59 Å². The van der Waals surface area contributed by atoms with Crippen molar-refractivity contribution in [3.63, 3.8) is 0 Å². The number of aliphatic carboxylic acids is 1. The number of H-pyrrole nitrogens is 1. The number of amides is 2. The lowest BCUT2D eigenvalue weighted by Crippen LogP contribution is -2.51. The van der Waals surface area contributed by atoms with Gasteiger partial charge in [0.05, 0.1) is 18.8 Å². The molecule has 166 valence electrons. The number of carboxylic acid groups (broad SMARTS) is 1. The molecular formula is C19H24N6O6. The maximum Gasteiger partial charge on any atom is 0.328 e. The van der Waals surface area contributed by atoms with Gasteiger partial charge in [0, 0.05) is 23.5 Å². The predicted molar refractivity (Wildman–Crippen MR) is 108 cm³/mol. The molecule has 12 heteroatoms. The Morgan fingerprint density at radius 3 is 2.71 bits per heavy atom. The fourth-order valence-electron chi connectivity index (χ4n) is 3.07. The number of hydrogen-bond donors (Lipinski definition) is 7. The Hall–Kier alpha value is -3.48. The largest absolute Gasteiger partial charge is 0.480 e. The first-order valence-electron chi connectivity index (χ1n) is 9.53. The van der Waals surface area contributed by atoms with E-state index in [0.717, 1.165) is 16.5 Å². The van der Waals surface area contributed by atoms with Gasteiger partial charge in [0.1, 0.15) is 6.04 Å². The summed E-state index contributed by atoms with van der Waals surface area (Å²) >= 11 is 0. The molecule has 2 amide bonds. The summed E-state index contributed by atoms with van der Waals surface area (Å²) in [6, 6.07) is 3.53. The lowest BCUT2D eigenvalue weighted by atomic mass is 10.0.